The number of nitrogens with one attached hydrogen (secondary N) is 6. The second-order valence-corrected chi connectivity index (χ2v) is 16.3. The largest absolute Gasteiger partial charge is 0.394 e. The summed E-state index contributed by atoms with van der Waals surface area (Å²) in [7, 11) is 0. The molecule has 19 nitrogen and oxygen atoms in total. The summed E-state index contributed by atoms with van der Waals surface area (Å²) in [6, 6.07) is -5.40. The standard InChI is InChI=1S/C36H52N10O9S/c1-5-19-29(50)46-27(36(2,3)4)34(55)43-22(12-17-6-7-17)31(52)41-20(8-9-26(37)48)30(51)44-24(15-47)32(53)42-21(28(38)49)13-18-10-11-39-23(14-18)35-45-25(16-56-35)33(54)40-19/h10-11,14,17,19-22,24-25,27,47H,5-9,12-13,15-16H2,1-4H3,(H2,37,48)(H2,38,49)(H,40,54)(H,41,52)(H,42,53)(H,43,55)(H,44,51)(H,46,50)/t19-,20-,21-,22-,24-,25-,27+/m0/s1. The second kappa shape index (κ2) is 19.2. The van der Waals surface area contributed by atoms with Crippen molar-refractivity contribution in [2.24, 2.45) is 27.8 Å². The number of nitrogens with zero attached hydrogens (tertiary/aromatic N) is 2. The zero-order valence-corrected chi connectivity index (χ0v) is 32.7. The number of rotatable bonds is 8. The number of aromatic nitrogens is 1. The van der Waals surface area contributed by atoms with Gasteiger partial charge in [0.1, 0.15) is 47.3 Å². The molecule has 0 radical (unpaired) electrons. The third-order valence-corrected chi connectivity index (χ3v) is 10.7. The lowest BCUT2D eigenvalue weighted by Gasteiger charge is -2.33. The molecule has 56 heavy (non-hydrogen) atoms. The molecule has 3 heterocycles. The third-order valence-electron chi connectivity index (χ3n) is 9.58. The van der Waals surface area contributed by atoms with Gasteiger partial charge < -0.3 is 48.5 Å². The summed E-state index contributed by atoms with van der Waals surface area (Å²) in [5.41, 5.74) is 11.0. The lowest BCUT2D eigenvalue weighted by molar-refractivity contribution is -0.137. The number of carbonyl (C=O) groups is 8. The summed E-state index contributed by atoms with van der Waals surface area (Å²) >= 11 is 1.26. The maximum Gasteiger partial charge on any atom is 0.246 e. The van der Waals surface area contributed by atoms with Gasteiger partial charge in [0.05, 0.1) is 12.3 Å². The van der Waals surface area contributed by atoms with Gasteiger partial charge in [-0.25, -0.2) is 0 Å². The Morgan fingerprint density at radius 1 is 0.839 bits per heavy atom. The minimum absolute atomic E-state index is 0.0952. The van der Waals surface area contributed by atoms with Crippen LogP contribution in [-0.4, -0.2) is 117 Å². The lowest BCUT2D eigenvalue weighted by Crippen LogP contribution is -2.62. The Labute approximate surface area is 328 Å². The van der Waals surface area contributed by atoms with Crippen LogP contribution in [0.1, 0.15) is 77.5 Å². The first-order chi connectivity index (χ1) is 26.4. The van der Waals surface area contributed by atoms with Crippen molar-refractivity contribution in [1.82, 2.24) is 36.9 Å². The highest BCUT2D eigenvalue weighted by atomic mass is 32.2. The average molecular weight is 801 g/mol. The van der Waals surface area contributed by atoms with Crippen LogP contribution in [0.2, 0.25) is 0 Å². The van der Waals surface area contributed by atoms with Crippen LogP contribution in [0.15, 0.2) is 23.3 Å². The maximum atomic E-state index is 13.9. The normalized spacial score (nSPS) is 27.5. The van der Waals surface area contributed by atoms with Gasteiger partial charge in [-0.05, 0) is 48.3 Å². The van der Waals surface area contributed by atoms with Crippen molar-refractivity contribution < 1.29 is 43.5 Å². The summed E-state index contributed by atoms with van der Waals surface area (Å²) < 4.78 is 0. The Bertz CT molecular complexity index is 1730. The predicted molar refractivity (Wildman–Crippen MR) is 204 cm³/mol. The summed E-state index contributed by atoms with van der Waals surface area (Å²) in [5, 5.41) is 26.1. The van der Waals surface area contributed by atoms with Crippen molar-refractivity contribution in [2.75, 3.05) is 12.4 Å². The molecule has 1 aromatic rings. The highest BCUT2D eigenvalue weighted by Gasteiger charge is 2.40. The van der Waals surface area contributed by atoms with E-state index in [2.05, 4.69) is 41.9 Å². The number of aliphatic imine (C=N–C) groups is 1. The van der Waals surface area contributed by atoms with E-state index in [1.807, 2.05) is 0 Å². The highest BCUT2D eigenvalue weighted by molar-refractivity contribution is 8.14. The van der Waals surface area contributed by atoms with Crippen molar-refractivity contribution in [3.8, 4) is 0 Å². The van der Waals surface area contributed by atoms with Crippen LogP contribution < -0.4 is 43.4 Å². The van der Waals surface area contributed by atoms with Gasteiger partial charge >= 0.3 is 0 Å². The maximum absolute atomic E-state index is 13.9. The quantitative estimate of drug-likeness (QED) is 0.131. The fraction of sp³-hybridized carbons (Fsp3) is 0.611. The van der Waals surface area contributed by atoms with Crippen LogP contribution in [0.5, 0.6) is 0 Å². The molecule has 0 saturated heterocycles. The number of thioether (sulfide) groups is 1. The Hall–Kier alpha value is -5.11. The molecule has 0 unspecified atom stereocenters. The lowest BCUT2D eigenvalue weighted by atomic mass is 9.85. The molecule has 20 heteroatoms. The monoisotopic (exact) mass is 800 g/mol. The molecular formula is C36H52N10O9S. The zero-order valence-electron chi connectivity index (χ0n) is 31.9. The number of amides is 8. The molecule has 1 aromatic heterocycles. The number of aliphatic hydroxyl groups excluding tert-OH is 1. The van der Waals surface area contributed by atoms with Gasteiger partial charge in [0.25, 0.3) is 0 Å². The molecule has 0 aromatic carbocycles. The fourth-order valence-corrected chi connectivity index (χ4v) is 7.11. The summed E-state index contributed by atoms with van der Waals surface area (Å²) in [4.78, 5) is 115. The molecular weight excluding hydrogens is 749 g/mol. The molecule has 1 saturated carbocycles. The van der Waals surface area contributed by atoms with E-state index < -0.39 is 102 Å². The van der Waals surface area contributed by atoms with E-state index in [0.29, 0.717) is 16.3 Å². The topological polar surface area (TPSA) is 306 Å². The van der Waals surface area contributed by atoms with E-state index in [1.165, 1.54) is 18.0 Å². The Kier molecular flexibility index (Phi) is 14.9. The van der Waals surface area contributed by atoms with Gasteiger partial charge in [-0.1, -0.05) is 40.5 Å². The number of hydrogen-bond donors (Lipinski definition) is 9. The van der Waals surface area contributed by atoms with E-state index in [1.54, 1.807) is 39.8 Å². The van der Waals surface area contributed by atoms with Crippen molar-refractivity contribution in [1.29, 1.82) is 0 Å². The Morgan fingerprint density at radius 3 is 2.05 bits per heavy atom. The van der Waals surface area contributed by atoms with Crippen molar-refractivity contribution in [2.45, 2.75) is 115 Å². The first-order valence-corrected chi connectivity index (χ1v) is 19.5. The minimum Gasteiger partial charge on any atom is -0.394 e. The van der Waals surface area contributed by atoms with Crippen LogP contribution in [0.4, 0.5) is 0 Å². The van der Waals surface area contributed by atoms with Crippen LogP contribution in [0, 0.1) is 11.3 Å². The first-order valence-electron chi connectivity index (χ1n) is 18.6. The Balaban J connectivity index is 1.71. The number of nitrogens with two attached hydrogens (primary N) is 2. The van der Waals surface area contributed by atoms with E-state index in [0.717, 1.165) is 12.8 Å². The summed E-state index contributed by atoms with van der Waals surface area (Å²) in [6.45, 7) is 5.96. The molecule has 1 aliphatic carbocycles. The first kappa shape index (κ1) is 43.6. The molecule has 2 aliphatic heterocycles. The molecule has 0 spiro atoms. The van der Waals surface area contributed by atoms with E-state index in [9.17, 15) is 43.5 Å². The molecule has 306 valence electrons. The van der Waals surface area contributed by atoms with Crippen LogP contribution in [0.3, 0.4) is 0 Å². The molecule has 1 fully saturated rings. The molecule has 11 N–H and O–H groups in total. The molecule has 3 aliphatic rings. The summed E-state index contributed by atoms with van der Waals surface area (Å²) in [5.74, 6) is -5.87. The van der Waals surface area contributed by atoms with Gasteiger partial charge in [-0.2, -0.15) is 0 Å². The van der Waals surface area contributed by atoms with Gasteiger partial charge in [0.2, 0.25) is 47.3 Å². The molecule has 4 bridgehead atoms. The van der Waals surface area contributed by atoms with E-state index in [-0.39, 0.29) is 43.8 Å². The molecule has 8 amide bonds. The number of fused-ring (bicyclic) bond motifs is 4. The number of aliphatic hydroxyl groups is 1. The molecule has 7 atom stereocenters. The second-order valence-electron chi connectivity index (χ2n) is 15.3. The number of pyridine rings is 1. The van der Waals surface area contributed by atoms with Crippen molar-refractivity contribution >= 4 is 64.1 Å². The van der Waals surface area contributed by atoms with E-state index in [4.69, 9.17) is 11.5 Å². The van der Waals surface area contributed by atoms with Gasteiger partial charge in [0.15, 0.2) is 0 Å². The van der Waals surface area contributed by atoms with E-state index >= 15 is 0 Å². The van der Waals surface area contributed by atoms with Gasteiger partial charge in [0, 0.05) is 24.8 Å². The van der Waals surface area contributed by atoms with Crippen molar-refractivity contribution in [3.05, 3.63) is 29.6 Å². The minimum atomic E-state index is -1.61. The zero-order chi connectivity index (χ0) is 41.3. The highest BCUT2D eigenvalue weighted by Crippen LogP contribution is 2.34. The average Bonchev–Trinajstić information content (AvgIpc) is 3.82. The SMILES string of the molecule is CC[C@@H]1NC(=O)[C@@H]2CSC(=N2)c2cc(ccn2)C[C@@H](C(N)=O)NC(=O)[C@H](CO)NC(=O)[C@H](CCC(N)=O)NC(=O)[C@H](CC2CC2)NC(=O)[C@H](C(C)(C)C)NC1=O. The van der Waals surface area contributed by atoms with Gasteiger partial charge in [-0.15, -0.1) is 11.8 Å². The Morgan fingerprint density at radius 2 is 1.45 bits per heavy atom. The number of primary amides is 2. The third kappa shape index (κ3) is 12.2. The predicted octanol–water partition coefficient (Wildman–Crippen LogP) is -2.59. The number of carbonyl (C=O) groups excluding carboxylic acids is 8. The van der Waals surface area contributed by atoms with Crippen LogP contribution in [-0.2, 0) is 44.8 Å². The smallest absolute Gasteiger partial charge is 0.246 e. The summed E-state index contributed by atoms with van der Waals surface area (Å²) in [6.07, 6.45) is 2.70. The van der Waals surface area contributed by atoms with Crippen LogP contribution >= 0.6 is 11.8 Å². The van der Waals surface area contributed by atoms with Gasteiger partial charge in [-0.3, -0.25) is 48.3 Å². The number of hydrogen-bond acceptors (Lipinski definition) is 12. The fourth-order valence-electron chi connectivity index (χ4n) is 6.10. The van der Waals surface area contributed by atoms with Crippen molar-refractivity contribution in [3.63, 3.8) is 0 Å². The van der Waals surface area contributed by atoms with Crippen LogP contribution in [0.25, 0.3) is 0 Å². The molecule has 4 rings (SSSR count).